The van der Waals surface area contributed by atoms with Crippen LogP contribution in [-0.2, 0) is 16.9 Å². The molecule has 1 unspecified atom stereocenters. The van der Waals surface area contributed by atoms with Crippen molar-refractivity contribution in [1.82, 2.24) is 4.98 Å². The zero-order valence-corrected chi connectivity index (χ0v) is 17.3. The molecule has 1 N–H and O–H groups in total. The molecule has 0 aliphatic rings. The summed E-state index contributed by atoms with van der Waals surface area (Å²) in [6.07, 6.45) is 2.47. The maximum absolute atomic E-state index is 10.6. The minimum atomic E-state index is -0.678. The summed E-state index contributed by atoms with van der Waals surface area (Å²) in [6, 6.07) is 19.9. The Morgan fingerprint density at radius 3 is 2.55 bits per heavy atom. The van der Waals surface area contributed by atoms with Crippen LogP contribution in [0.5, 0.6) is 11.5 Å². The summed E-state index contributed by atoms with van der Waals surface area (Å²) in [5, 5.41) is 15.8. The summed E-state index contributed by atoms with van der Waals surface area (Å²) in [5.74, 6) is 0.539. The van der Waals surface area contributed by atoms with Crippen molar-refractivity contribution in [1.29, 1.82) is 0 Å². The molecule has 1 heterocycles. The van der Waals surface area contributed by atoms with Gasteiger partial charge < -0.3 is 14.6 Å². The van der Waals surface area contributed by atoms with E-state index in [0.717, 1.165) is 16.1 Å². The molecule has 0 spiro atoms. The summed E-state index contributed by atoms with van der Waals surface area (Å²) in [4.78, 5) is 4.44. The zero-order valence-electron chi connectivity index (χ0n) is 16.5. The third-order valence-electron chi connectivity index (χ3n) is 5.26. The number of methoxy groups -OCH3 is 1. The standard InChI is InChI=1S/C24H23NO3S/c1-3-24(27-2,23-25-12-13-29-23)20-10-11-22(21(26)15-20)28-16-17-8-9-18-6-4-5-7-19(18)14-17/h4-15,26H,3,16H2,1-2H3. The molecule has 0 amide bonds. The molecule has 0 aliphatic heterocycles. The number of aromatic nitrogens is 1. The Hall–Kier alpha value is -2.89. The van der Waals surface area contributed by atoms with E-state index in [9.17, 15) is 5.11 Å². The van der Waals surface area contributed by atoms with Crippen molar-refractivity contribution in [2.75, 3.05) is 7.11 Å². The fourth-order valence-electron chi connectivity index (χ4n) is 3.63. The van der Waals surface area contributed by atoms with E-state index in [-0.39, 0.29) is 5.75 Å². The van der Waals surface area contributed by atoms with E-state index >= 15 is 0 Å². The van der Waals surface area contributed by atoms with Gasteiger partial charge in [0.15, 0.2) is 11.5 Å². The molecule has 0 saturated carbocycles. The molecular formula is C24H23NO3S. The Balaban J connectivity index is 1.56. The second kappa shape index (κ2) is 8.23. The lowest BCUT2D eigenvalue weighted by atomic mass is 9.91. The van der Waals surface area contributed by atoms with Gasteiger partial charge in [0, 0.05) is 18.7 Å². The lowest BCUT2D eigenvalue weighted by Crippen LogP contribution is -2.29. The first-order valence-electron chi connectivity index (χ1n) is 9.55. The van der Waals surface area contributed by atoms with Gasteiger partial charge in [-0.25, -0.2) is 4.98 Å². The number of hydrogen-bond acceptors (Lipinski definition) is 5. The molecule has 3 aromatic carbocycles. The molecule has 4 nitrogen and oxygen atoms in total. The first-order valence-corrected chi connectivity index (χ1v) is 10.4. The Kier molecular flexibility index (Phi) is 5.51. The van der Waals surface area contributed by atoms with E-state index in [1.807, 2.05) is 36.6 Å². The number of phenolic OH excluding ortho intramolecular Hbond substituents is 1. The van der Waals surface area contributed by atoms with Crippen molar-refractivity contribution >= 4 is 22.1 Å². The molecule has 0 radical (unpaired) electrons. The molecule has 4 aromatic rings. The van der Waals surface area contributed by atoms with Crippen molar-refractivity contribution in [3.05, 3.63) is 88.4 Å². The molecule has 4 rings (SSSR count). The van der Waals surface area contributed by atoms with Crippen LogP contribution in [0, 0.1) is 0 Å². The average Bonchev–Trinajstić information content (AvgIpc) is 3.30. The number of hydrogen-bond donors (Lipinski definition) is 1. The summed E-state index contributed by atoms with van der Waals surface area (Å²) in [7, 11) is 1.67. The highest BCUT2D eigenvalue weighted by atomic mass is 32.1. The molecule has 148 valence electrons. The Morgan fingerprint density at radius 1 is 1.03 bits per heavy atom. The summed E-state index contributed by atoms with van der Waals surface area (Å²) in [5.41, 5.74) is 1.23. The number of benzene rings is 3. The Labute approximate surface area is 174 Å². The number of rotatable bonds is 7. The topological polar surface area (TPSA) is 51.6 Å². The Bertz CT molecular complexity index is 1100. The predicted octanol–water partition coefficient (Wildman–Crippen LogP) is 5.88. The van der Waals surface area contributed by atoms with Crippen LogP contribution in [0.1, 0.15) is 29.5 Å². The molecule has 1 aromatic heterocycles. The first-order chi connectivity index (χ1) is 14.2. The fraction of sp³-hybridized carbons (Fsp3) is 0.208. The molecule has 0 bridgehead atoms. The van der Waals surface area contributed by atoms with E-state index in [0.29, 0.717) is 18.8 Å². The van der Waals surface area contributed by atoms with Crippen molar-refractivity contribution < 1.29 is 14.6 Å². The normalized spacial score (nSPS) is 13.3. The number of fused-ring (bicyclic) bond motifs is 1. The van der Waals surface area contributed by atoms with Gasteiger partial charge in [0.1, 0.15) is 17.2 Å². The molecule has 0 aliphatic carbocycles. The third kappa shape index (κ3) is 3.71. The van der Waals surface area contributed by atoms with E-state index in [2.05, 4.69) is 29.2 Å². The van der Waals surface area contributed by atoms with Gasteiger partial charge in [-0.1, -0.05) is 49.4 Å². The quantitative estimate of drug-likeness (QED) is 0.417. The van der Waals surface area contributed by atoms with Crippen LogP contribution < -0.4 is 4.74 Å². The maximum Gasteiger partial charge on any atom is 0.161 e. The number of aromatic hydroxyl groups is 1. The van der Waals surface area contributed by atoms with Crippen LogP contribution in [0.2, 0.25) is 0 Å². The zero-order chi connectivity index (χ0) is 20.3. The number of thiazole rings is 1. The van der Waals surface area contributed by atoms with Crippen LogP contribution in [0.3, 0.4) is 0 Å². The lowest BCUT2D eigenvalue weighted by Gasteiger charge is -2.30. The fourth-order valence-corrected chi connectivity index (χ4v) is 4.54. The molecule has 5 heteroatoms. The minimum Gasteiger partial charge on any atom is -0.504 e. The average molecular weight is 406 g/mol. The summed E-state index contributed by atoms with van der Waals surface area (Å²) < 4.78 is 11.8. The molecule has 29 heavy (non-hydrogen) atoms. The molecule has 0 saturated heterocycles. The third-order valence-corrected chi connectivity index (χ3v) is 6.17. The second-order valence-corrected chi connectivity index (χ2v) is 7.77. The van der Waals surface area contributed by atoms with Crippen LogP contribution in [-0.4, -0.2) is 17.2 Å². The van der Waals surface area contributed by atoms with Gasteiger partial charge in [-0.15, -0.1) is 11.3 Å². The van der Waals surface area contributed by atoms with Crippen LogP contribution >= 0.6 is 11.3 Å². The van der Waals surface area contributed by atoms with Gasteiger partial charge in [0.25, 0.3) is 0 Å². The van der Waals surface area contributed by atoms with Crippen molar-refractivity contribution in [2.24, 2.45) is 0 Å². The SMILES string of the molecule is CCC(OC)(c1ccc(OCc2ccc3ccccc3c2)c(O)c1)c1nccs1. The van der Waals surface area contributed by atoms with Crippen LogP contribution in [0.4, 0.5) is 0 Å². The van der Waals surface area contributed by atoms with Crippen LogP contribution in [0.15, 0.2) is 72.2 Å². The van der Waals surface area contributed by atoms with Gasteiger partial charge in [0.05, 0.1) is 0 Å². The van der Waals surface area contributed by atoms with E-state index in [1.165, 1.54) is 10.8 Å². The van der Waals surface area contributed by atoms with E-state index in [1.54, 1.807) is 36.8 Å². The van der Waals surface area contributed by atoms with Crippen molar-refractivity contribution in [3.63, 3.8) is 0 Å². The number of ether oxygens (including phenoxy) is 2. The smallest absolute Gasteiger partial charge is 0.161 e. The summed E-state index contributed by atoms with van der Waals surface area (Å²) >= 11 is 1.54. The Morgan fingerprint density at radius 2 is 1.86 bits per heavy atom. The highest BCUT2D eigenvalue weighted by Gasteiger charge is 2.35. The molecule has 0 fully saturated rings. The minimum absolute atomic E-state index is 0.0923. The molecular weight excluding hydrogens is 382 g/mol. The van der Waals surface area contributed by atoms with Gasteiger partial charge >= 0.3 is 0 Å². The summed E-state index contributed by atoms with van der Waals surface area (Å²) in [6.45, 7) is 2.43. The highest BCUT2D eigenvalue weighted by molar-refractivity contribution is 7.09. The van der Waals surface area contributed by atoms with Gasteiger partial charge in [-0.3, -0.25) is 0 Å². The number of nitrogens with zero attached hydrogens (tertiary/aromatic N) is 1. The second-order valence-electron chi connectivity index (χ2n) is 6.87. The van der Waals surface area contributed by atoms with Crippen LogP contribution in [0.25, 0.3) is 10.8 Å². The lowest BCUT2D eigenvalue weighted by molar-refractivity contribution is 0.0182. The molecule has 1 atom stereocenters. The monoisotopic (exact) mass is 405 g/mol. The largest absolute Gasteiger partial charge is 0.504 e. The maximum atomic E-state index is 10.6. The van der Waals surface area contributed by atoms with Gasteiger partial charge in [-0.2, -0.15) is 0 Å². The van der Waals surface area contributed by atoms with E-state index in [4.69, 9.17) is 9.47 Å². The van der Waals surface area contributed by atoms with Gasteiger partial charge in [-0.05, 0) is 46.5 Å². The highest BCUT2D eigenvalue weighted by Crippen LogP contribution is 2.40. The van der Waals surface area contributed by atoms with Gasteiger partial charge in [0.2, 0.25) is 0 Å². The predicted molar refractivity (Wildman–Crippen MR) is 117 cm³/mol. The van der Waals surface area contributed by atoms with Crippen molar-refractivity contribution in [3.8, 4) is 11.5 Å². The van der Waals surface area contributed by atoms with E-state index < -0.39 is 5.60 Å². The van der Waals surface area contributed by atoms with Crippen molar-refractivity contribution in [2.45, 2.75) is 25.6 Å². The number of phenols is 1. The first kappa shape index (κ1) is 19.4.